The summed E-state index contributed by atoms with van der Waals surface area (Å²) in [6, 6.07) is 17.0. The van der Waals surface area contributed by atoms with Gasteiger partial charge in [0.05, 0.1) is 15.9 Å². The lowest BCUT2D eigenvalue weighted by molar-refractivity contribution is 0.669. The fourth-order valence-electron chi connectivity index (χ4n) is 4.28. The third-order valence-corrected chi connectivity index (χ3v) is 7.18. The molecule has 29 heavy (non-hydrogen) atoms. The molecule has 0 saturated carbocycles. The smallest absolute Gasteiger partial charge is 0.143 e. The minimum Gasteiger partial charge on any atom is -0.455 e. The Bertz CT molecular complexity index is 1590. The first-order valence-electron chi connectivity index (χ1n) is 9.68. The van der Waals surface area contributed by atoms with E-state index in [-0.39, 0.29) is 0 Å². The average Bonchev–Trinajstić information content (AvgIpc) is 3.27. The third kappa shape index (κ3) is 2.23. The number of thiophene rings is 1. The number of furan rings is 1. The monoisotopic (exact) mass is 394 g/mol. The van der Waals surface area contributed by atoms with Crippen LogP contribution in [0.5, 0.6) is 0 Å². The van der Waals surface area contributed by atoms with Gasteiger partial charge in [0, 0.05) is 32.2 Å². The Morgan fingerprint density at radius 1 is 0.759 bits per heavy atom. The van der Waals surface area contributed by atoms with Gasteiger partial charge in [0.25, 0.3) is 0 Å². The first-order valence-corrected chi connectivity index (χ1v) is 10.5. The van der Waals surface area contributed by atoms with Gasteiger partial charge in [-0.05, 0) is 43.9 Å². The van der Waals surface area contributed by atoms with Crippen LogP contribution in [0.4, 0.5) is 0 Å². The minimum absolute atomic E-state index is 0.936. The van der Waals surface area contributed by atoms with Crippen molar-refractivity contribution in [2.45, 2.75) is 20.8 Å². The molecule has 3 aromatic heterocycles. The molecule has 0 atom stereocenters. The maximum Gasteiger partial charge on any atom is 0.143 e. The average molecular weight is 394 g/mol. The van der Waals surface area contributed by atoms with Crippen molar-refractivity contribution in [1.29, 1.82) is 0 Å². The highest BCUT2D eigenvalue weighted by Crippen LogP contribution is 2.41. The third-order valence-electron chi connectivity index (χ3n) is 5.98. The molecule has 0 saturated heterocycles. The van der Waals surface area contributed by atoms with Gasteiger partial charge in [0.15, 0.2) is 0 Å². The van der Waals surface area contributed by atoms with E-state index in [1.54, 1.807) is 17.7 Å². The lowest BCUT2D eigenvalue weighted by atomic mass is 10.0. The second-order valence-electron chi connectivity index (χ2n) is 7.56. The Morgan fingerprint density at radius 3 is 2.45 bits per heavy atom. The number of benzene rings is 3. The Labute approximate surface area is 171 Å². The molecular formula is C25H18N2OS. The molecule has 0 aliphatic rings. The SMILES string of the molecule is Cc1sc2c(-c3ccc4c(oc5c6ccccc6ccc45)c3C)ncnc2c1C. The Balaban J connectivity index is 1.69. The molecule has 0 aliphatic carbocycles. The van der Waals surface area contributed by atoms with E-state index in [9.17, 15) is 0 Å². The standard InChI is InChI=1S/C25H18N2OS/c1-13-15(3)29-25-21(13)26-12-27-22(25)17-10-11-19-20-9-8-16-6-4-5-7-18(16)24(20)28-23(19)14(17)2/h4-12H,1-3H3. The van der Waals surface area contributed by atoms with E-state index >= 15 is 0 Å². The molecule has 0 fully saturated rings. The van der Waals surface area contributed by atoms with Gasteiger partial charge >= 0.3 is 0 Å². The molecule has 0 radical (unpaired) electrons. The summed E-state index contributed by atoms with van der Waals surface area (Å²) in [5.74, 6) is 0. The quantitative estimate of drug-likeness (QED) is 0.293. The zero-order valence-electron chi connectivity index (χ0n) is 16.4. The summed E-state index contributed by atoms with van der Waals surface area (Å²) >= 11 is 1.77. The van der Waals surface area contributed by atoms with Crippen LogP contribution in [-0.2, 0) is 0 Å². The maximum atomic E-state index is 6.46. The summed E-state index contributed by atoms with van der Waals surface area (Å²) < 4.78 is 7.60. The van der Waals surface area contributed by atoms with Crippen LogP contribution in [-0.4, -0.2) is 9.97 Å². The van der Waals surface area contributed by atoms with Crippen molar-refractivity contribution in [3.8, 4) is 11.3 Å². The largest absolute Gasteiger partial charge is 0.455 e. The van der Waals surface area contributed by atoms with Crippen molar-refractivity contribution >= 4 is 54.3 Å². The van der Waals surface area contributed by atoms with Crippen LogP contribution in [0.15, 0.2) is 59.3 Å². The molecule has 3 heterocycles. The molecule has 0 spiro atoms. The lowest BCUT2D eigenvalue weighted by Gasteiger charge is -2.06. The zero-order chi connectivity index (χ0) is 19.7. The Morgan fingerprint density at radius 2 is 1.55 bits per heavy atom. The van der Waals surface area contributed by atoms with Crippen molar-refractivity contribution in [2.75, 3.05) is 0 Å². The molecule has 4 heteroatoms. The topological polar surface area (TPSA) is 38.9 Å². The molecule has 3 nitrogen and oxygen atoms in total. The van der Waals surface area contributed by atoms with Crippen molar-refractivity contribution < 1.29 is 4.42 Å². The molecule has 0 aliphatic heterocycles. The van der Waals surface area contributed by atoms with E-state index in [2.05, 4.69) is 79.3 Å². The predicted octanol–water partition coefficient (Wildman–Crippen LogP) is 7.34. The lowest BCUT2D eigenvalue weighted by Crippen LogP contribution is -1.90. The zero-order valence-corrected chi connectivity index (χ0v) is 17.2. The summed E-state index contributed by atoms with van der Waals surface area (Å²) in [5, 5.41) is 4.65. The molecule has 3 aromatic carbocycles. The summed E-state index contributed by atoms with van der Waals surface area (Å²) in [4.78, 5) is 10.5. The Hall–Kier alpha value is -3.24. The van der Waals surface area contributed by atoms with E-state index < -0.39 is 0 Å². The number of hydrogen-bond acceptors (Lipinski definition) is 4. The number of fused-ring (bicyclic) bond motifs is 6. The summed E-state index contributed by atoms with van der Waals surface area (Å²) in [5.41, 5.74) is 7.39. The van der Waals surface area contributed by atoms with Gasteiger partial charge in [0.1, 0.15) is 17.5 Å². The van der Waals surface area contributed by atoms with E-state index in [0.29, 0.717) is 0 Å². The molecule has 0 unspecified atom stereocenters. The fraction of sp³-hybridized carbons (Fsp3) is 0.120. The van der Waals surface area contributed by atoms with Crippen LogP contribution in [0.2, 0.25) is 0 Å². The first kappa shape index (κ1) is 16.7. The van der Waals surface area contributed by atoms with Crippen LogP contribution in [0.3, 0.4) is 0 Å². The summed E-state index contributed by atoms with van der Waals surface area (Å²) in [7, 11) is 0. The number of aromatic nitrogens is 2. The highest BCUT2D eigenvalue weighted by molar-refractivity contribution is 7.19. The van der Waals surface area contributed by atoms with Gasteiger partial charge < -0.3 is 4.42 Å². The Kier molecular flexibility index (Phi) is 3.38. The molecule has 6 rings (SSSR count). The normalized spacial score (nSPS) is 12.0. The van der Waals surface area contributed by atoms with E-state index in [0.717, 1.165) is 54.4 Å². The molecule has 0 N–H and O–H groups in total. The van der Waals surface area contributed by atoms with Gasteiger partial charge in [-0.1, -0.05) is 36.4 Å². The van der Waals surface area contributed by atoms with Crippen LogP contribution >= 0.6 is 11.3 Å². The van der Waals surface area contributed by atoms with E-state index in [1.165, 1.54) is 15.8 Å². The van der Waals surface area contributed by atoms with Crippen LogP contribution in [0.25, 0.3) is 54.2 Å². The van der Waals surface area contributed by atoms with Gasteiger partial charge in [-0.15, -0.1) is 11.3 Å². The van der Waals surface area contributed by atoms with Crippen LogP contribution < -0.4 is 0 Å². The van der Waals surface area contributed by atoms with Gasteiger partial charge in [0.2, 0.25) is 0 Å². The van der Waals surface area contributed by atoms with E-state index in [1.807, 2.05) is 0 Å². The summed E-state index contributed by atoms with van der Waals surface area (Å²) in [6.07, 6.45) is 1.67. The maximum absolute atomic E-state index is 6.46. The van der Waals surface area contributed by atoms with Gasteiger partial charge in [-0.25, -0.2) is 9.97 Å². The van der Waals surface area contributed by atoms with Crippen molar-refractivity contribution in [3.05, 3.63) is 70.9 Å². The highest BCUT2D eigenvalue weighted by Gasteiger charge is 2.18. The molecule has 0 bridgehead atoms. The second-order valence-corrected chi connectivity index (χ2v) is 8.79. The number of rotatable bonds is 1. The molecular weight excluding hydrogens is 376 g/mol. The van der Waals surface area contributed by atoms with Crippen molar-refractivity contribution in [3.63, 3.8) is 0 Å². The summed E-state index contributed by atoms with van der Waals surface area (Å²) in [6.45, 7) is 6.40. The highest BCUT2D eigenvalue weighted by atomic mass is 32.1. The molecule has 0 amide bonds. The number of aryl methyl sites for hydroxylation is 3. The van der Waals surface area contributed by atoms with Crippen LogP contribution in [0.1, 0.15) is 16.0 Å². The second kappa shape index (κ2) is 5.88. The van der Waals surface area contributed by atoms with Crippen molar-refractivity contribution in [2.24, 2.45) is 0 Å². The fourth-order valence-corrected chi connectivity index (χ4v) is 5.40. The first-order chi connectivity index (χ1) is 14.1. The number of nitrogens with zero attached hydrogens (tertiary/aromatic N) is 2. The molecule has 6 aromatic rings. The number of hydrogen-bond donors (Lipinski definition) is 0. The van der Waals surface area contributed by atoms with Crippen molar-refractivity contribution in [1.82, 2.24) is 9.97 Å². The molecule has 140 valence electrons. The van der Waals surface area contributed by atoms with Gasteiger partial charge in [-0.2, -0.15) is 0 Å². The predicted molar refractivity (Wildman–Crippen MR) is 122 cm³/mol. The van der Waals surface area contributed by atoms with Crippen LogP contribution in [0, 0.1) is 20.8 Å². The van der Waals surface area contributed by atoms with Gasteiger partial charge in [-0.3, -0.25) is 0 Å². The minimum atomic E-state index is 0.936. The van der Waals surface area contributed by atoms with E-state index in [4.69, 9.17) is 4.42 Å².